The van der Waals surface area contributed by atoms with Crippen LogP contribution in [0.2, 0.25) is 5.28 Å². The monoisotopic (exact) mass is 494 g/mol. The quantitative estimate of drug-likeness (QED) is 0.326. The van der Waals surface area contributed by atoms with Crippen molar-refractivity contribution < 1.29 is 14.3 Å². The highest BCUT2D eigenvalue weighted by molar-refractivity contribution is 7.99. The third-order valence-corrected chi connectivity index (χ3v) is 6.27. The van der Waals surface area contributed by atoms with Crippen LogP contribution in [0, 0.1) is 0 Å². The van der Waals surface area contributed by atoms with Gasteiger partial charge in [0.15, 0.2) is 16.7 Å². The molecule has 9 heteroatoms. The second-order valence-electron chi connectivity index (χ2n) is 7.24. The van der Waals surface area contributed by atoms with Gasteiger partial charge in [-0.2, -0.15) is 4.98 Å². The fourth-order valence-electron chi connectivity index (χ4n) is 3.33. The van der Waals surface area contributed by atoms with Crippen LogP contribution >= 0.6 is 23.4 Å². The summed E-state index contributed by atoms with van der Waals surface area (Å²) in [5.74, 6) is 0.776. The van der Waals surface area contributed by atoms with Crippen LogP contribution in [-0.2, 0) is 13.0 Å². The molecule has 1 heterocycles. The lowest BCUT2D eigenvalue weighted by molar-refractivity contribution is 0.102. The van der Waals surface area contributed by atoms with Crippen LogP contribution in [0.5, 0.6) is 11.5 Å². The fourth-order valence-corrected chi connectivity index (χ4v) is 4.49. The van der Waals surface area contributed by atoms with E-state index >= 15 is 0 Å². The number of ether oxygens (including phenoxy) is 2. The number of aryl methyl sites for hydroxylation is 2. The fraction of sp³-hybridized carbons (Fsp3) is 0.160. The lowest BCUT2D eigenvalue weighted by Gasteiger charge is -2.12. The van der Waals surface area contributed by atoms with E-state index in [9.17, 15) is 4.79 Å². The lowest BCUT2D eigenvalue weighted by atomic mass is 10.2. The molecule has 7 nitrogen and oxygen atoms in total. The largest absolute Gasteiger partial charge is 0.493 e. The summed E-state index contributed by atoms with van der Waals surface area (Å²) in [5.41, 5.74) is 2.31. The Bertz CT molecular complexity index is 1280. The van der Waals surface area contributed by atoms with Crippen molar-refractivity contribution in [2.45, 2.75) is 23.0 Å². The molecule has 0 aliphatic rings. The summed E-state index contributed by atoms with van der Waals surface area (Å²) < 4.78 is 12.3. The van der Waals surface area contributed by atoms with Gasteiger partial charge in [-0.3, -0.25) is 4.79 Å². The van der Waals surface area contributed by atoms with Gasteiger partial charge in [-0.05, 0) is 65.7 Å². The van der Waals surface area contributed by atoms with Gasteiger partial charge in [0, 0.05) is 17.0 Å². The van der Waals surface area contributed by atoms with Crippen LogP contribution in [0.3, 0.4) is 0 Å². The summed E-state index contributed by atoms with van der Waals surface area (Å²) in [6.45, 7) is 0.631. The molecule has 0 aliphatic carbocycles. The summed E-state index contributed by atoms with van der Waals surface area (Å²) >= 11 is 7.52. The Kier molecular flexibility index (Phi) is 7.72. The van der Waals surface area contributed by atoms with Crippen molar-refractivity contribution in [3.05, 3.63) is 89.2 Å². The lowest BCUT2D eigenvalue weighted by Crippen LogP contribution is -2.13. The molecule has 0 bridgehead atoms. The second kappa shape index (κ2) is 11.1. The molecule has 34 heavy (non-hydrogen) atoms. The van der Waals surface area contributed by atoms with E-state index < -0.39 is 0 Å². The Morgan fingerprint density at radius 2 is 1.74 bits per heavy atom. The predicted molar refractivity (Wildman–Crippen MR) is 133 cm³/mol. The number of methoxy groups -OCH3 is 2. The average Bonchev–Trinajstić information content (AvgIpc) is 3.22. The Morgan fingerprint density at radius 1 is 1.00 bits per heavy atom. The first-order valence-electron chi connectivity index (χ1n) is 10.5. The highest BCUT2D eigenvalue weighted by atomic mass is 35.5. The number of amides is 1. The maximum atomic E-state index is 12.9. The van der Waals surface area contributed by atoms with Crippen molar-refractivity contribution in [3.8, 4) is 11.5 Å². The molecule has 0 radical (unpaired) electrons. The first-order chi connectivity index (χ1) is 16.6. The first kappa shape index (κ1) is 23.7. The molecule has 174 valence electrons. The van der Waals surface area contributed by atoms with Gasteiger partial charge in [0.25, 0.3) is 5.91 Å². The molecular weight excluding hydrogens is 472 g/mol. The van der Waals surface area contributed by atoms with Gasteiger partial charge in [-0.1, -0.05) is 42.5 Å². The van der Waals surface area contributed by atoms with Crippen LogP contribution in [0.25, 0.3) is 0 Å². The van der Waals surface area contributed by atoms with Gasteiger partial charge < -0.3 is 14.8 Å². The highest BCUT2D eigenvalue weighted by Gasteiger charge is 2.16. The van der Waals surface area contributed by atoms with Gasteiger partial charge in [-0.25, -0.2) is 4.68 Å². The Balaban J connectivity index is 1.52. The summed E-state index contributed by atoms with van der Waals surface area (Å²) in [5, 5.41) is 8.14. The van der Waals surface area contributed by atoms with Crippen LogP contribution in [-0.4, -0.2) is 34.9 Å². The smallest absolute Gasteiger partial charge is 0.255 e. The number of carbonyl (C=O) groups is 1. The number of halogens is 1. The number of hydrogen-bond donors (Lipinski definition) is 1. The molecule has 1 N–H and O–H groups in total. The van der Waals surface area contributed by atoms with Crippen molar-refractivity contribution in [2.24, 2.45) is 0 Å². The zero-order valence-electron chi connectivity index (χ0n) is 18.7. The molecule has 0 saturated carbocycles. The Labute approximate surface area is 207 Å². The highest BCUT2D eigenvalue weighted by Crippen LogP contribution is 2.34. The van der Waals surface area contributed by atoms with E-state index in [0.717, 1.165) is 11.3 Å². The maximum absolute atomic E-state index is 12.9. The number of benzene rings is 3. The first-order valence-corrected chi connectivity index (χ1v) is 11.7. The predicted octanol–water partition coefficient (Wildman–Crippen LogP) is 5.59. The summed E-state index contributed by atoms with van der Waals surface area (Å²) in [6, 6.07) is 22.7. The van der Waals surface area contributed by atoms with E-state index in [2.05, 4.69) is 27.5 Å². The molecule has 0 aliphatic heterocycles. The van der Waals surface area contributed by atoms with E-state index in [4.69, 9.17) is 21.1 Å². The van der Waals surface area contributed by atoms with E-state index in [1.54, 1.807) is 30.0 Å². The molecule has 0 saturated heterocycles. The molecule has 4 rings (SSSR count). The molecule has 0 atom stereocenters. The number of nitrogens with zero attached hydrogens (tertiary/aromatic N) is 3. The van der Waals surface area contributed by atoms with Crippen LogP contribution < -0.4 is 14.8 Å². The zero-order valence-corrected chi connectivity index (χ0v) is 20.3. The van der Waals surface area contributed by atoms with Crippen molar-refractivity contribution in [2.75, 3.05) is 19.5 Å². The number of carbonyl (C=O) groups excluding carboxylic acids is 1. The molecular formula is C25H23ClN4O3S. The van der Waals surface area contributed by atoms with Crippen molar-refractivity contribution >= 4 is 35.0 Å². The number of para-hydroxylation sites is 1. The maximum Gasteiger partial charge on any atom is 0.255 e. The SMILES string of the molecule is COc1ccc(C(=O)Nc2ccccc2Sc2nc(Cl)nn2CCc2ccccc2)cc1OC. The van der Waals surface area contributed by atoms with Crippen LogP contribution in [0.15, 0.2) is 82.8 Å². The van der Waals surface area contributed by atoms with Gasteiger partial charge in [-0.15, -0.1) is 5.10 Å². The van der Waals surface area contributed by atoms with Gasteiger partial charge in [0.1, 0.15) is 0 Å². The molecule has 0 spiro atoms. The van der Waals surface area contributed by atoms with E-state index in [-0.39, 0.29) is 11.2 Å². The van der Waals surface area contributed by atoms with Gasteiger partial charge >= 0.3 is 0 Å². The topological polar surface area (TPSA) is 78.3 Å². The second-order valence-corrected chi connectivity index (χ2v) is 8.59. The number of anilines is 1. The standard InChI is InChI=1S/C25H23ClN4O3S/c1-32-20-13-12-18(16-21(20)33-2)23(31)27-19-10-6-7-11-22(19)34-25-28-24(26)29-30(25)15-14-17-8-4-3-5-9-17/h3-13,16H,14-15H2,1-2H3,(H,27,31). The zero-order chi connectivity index (χ0) is 23.9. The molecule has 0 unspecified atom stereocenters. The summed E-state index contributed by atoms with van der Waals surface area (Å²) in [6.07, 6.45) is 0.797. The number of aromatic nitrogens is 3. The van der Waals surface area contributed by atoms with Crippen LogP contribution in [0.4, 0.5) is 5.69 Å². The van der Waals surface area contributed by atoms with Crippen LogP contribution in [0.1, 0.15) is 15.9 Å². The molecule has 0 fully saturated rings. The number of hydrogen-bond acceptors (Lipinski definition) is 6. The number of nitrogens with one attached hydrogen (secondary N) is 1. The van der Waals surface area contributed by atoms with Crippen molar-refractivity contribution in [1.29, 1.82) is 0 Å². The minimum Gasteiger partial charge on any atom is -0.493 e. The summed E-state index contributed by atoms with van der Waals surface area (Å²) in [7, 11) is 3.08. The van der Waals surface area contributed by atoms with Gasteiger partial charge in [0.05, 0.1) is 19.9 Å². The van der Waals surface area contributed by atoms with Crippen molar-refractivity contribution in [3.63, 3.8) is 0 Å². The molecule has 1 amide bonds. The number of rotatable bonds is 9. The summed E-state index contributed by atoms with van der Waals surface area (Å²) in [4.78, 5) is 18.1. The van der Waals surface area contributed by atoms with Crippen molar-refractivity contribution in [1.82, 2.24) is 14.8 Å². The van der Waals surface area contributed by atoms with E-state index in [1.165, 1.54) is 24.4 Å². The van der Waals surface area contributed by atoms with E-state index in [1.807, 2.05) is 42.5 Å². The minimum atomic E-state index is -0.266. The average molecular weight is 495 g/mol. The Hall–Kier alpha value is -3.49. The molecule has 3 aromatic carbocycles. The molecule has 4 aromatic rings. The van der Waals surface area contributed by atoms with Gasteiger partial charge in [0.2, 0.25) is 5.28 Å². The minimum absolute atomic E-state index is 0.183. The normalized spacial score (nSPS) is 10.7. The third-order valence-electron chi connectivity index (χ3n) is 5.05. The third kappa shape index (κ3) is 5.70. The molecule has 1 aromatic heterocycles. The Morgan fingerprint density at radius 3 is 2.50 bits per heavy atom. The van der Waals surface area contributed by atoms with E-state index in [0.29, 0.717) is 34.5 Å².